The Morgan fingerprint density at radius 2 is 2.00 bits per heavy atom. The number of ether oxygens (including phenoxy) is 1. The largest absolute Gasteiger partial charge is 0.396 e. The number of aliphatic hydroxyl groups excluding tert-OH is 1. The van der Waals surface area contributed by atoms with Crippen LogP contribution in [-0.4, -0.2) is 68.3 Å². The first-order valence-corrected chi connectivity index (χ1v) is 12.3. The fourth-order valence-corrected chi connectivity index (χ4v) is 5.20. The molecule has 0 unspecified atom stereocenters. The highest BCUT2D eigenvalue weighted by atomic mass is 16.5. The minimum absolute atomic E-state index is 0.248. The third-order valence-corrected chi connectivity index (χ3v) is 7.21. The predicted octanol–water partition coefficient (Wildman–Crippen LogP) is 2.89. The fraction of sp³-hybridized carbons (Fsp3) is 0.440. The van der Waals surface area contributed by atoms with Crippen LogP contribution in [0.2, 0.25) is 0 Å². The summed E-state index contributed by atoms with van der Waals surface area (Å²) in [4.78, 5) is 19.8. The van der Waals surface area contributed by atoms with Crippen LogP contribution in [0.3, 0.4) is 0 Å². The quantitative estimate of drug-likeness (QED) is 0.457. The van der Waals surface area contributed by atoms with Crippen LogP contribution in [0.5, 0.6) is 0 Å². The second-order valence-corrected chi connectivity index (χ2v) is 9.39. The number of carbonyl (C=O) groups excluding carboxylic acids is 1. The molecular formula is C25H29N7O3. The Morgan fingerprint density at radius 3 is 2.80 bits per heavy atom. The van der Waals surface area contributed by atoms with E-state index in [2.05, 4.69) is 37.2 Å². The van der Waals surface area contributed by atoms with E-state index in [-0.39, 0.29) is 12.5 Å². The SMILES string of the molecule is O=C(Nc1cc2cn([C@H]3CC[C@H](CO)CC3)nc2cc1N1CCOCC1)c1cnn2cccnc12. The molecule has 0 radical (unpaired) electrons. The second kappa shape index (κ2) is 9.27. The average Bonchev–Trinajstić information content (AvgIpc) is 3.53. The van der Waals surface area contributed by atoms with Crippen LogP contribution >= 0.6 is 0 Å². The monoisotopic (exact) mass is 475 g/mol. The van der Waals surface area contributed by atoms with Gasteiger partial charge in [-0.2, -0.15) is 10.2 Å². The topological polar surface area (TPSA) is 110 Å². The highest BCUT2D eigenvalue weighted by molar-refractivity contribution is 6.10. The molecule has 0 bridgehead atoms. The standard InChI is InChI=1S/C25H29N7O3/c33-16-17-2-4-19(5-3-17)32-15-18-12-22(23(13-21(18)29-32)30-8-10-35-11-9-30)28-25(34)20-14-27-31-7-1-6-26-24(20)31/h1,6-7,12-15,17,19,33H,2-5,8-11,16H2,(H,28,34)/t17-,19-. The van der Waals surface area contributed by atoms with Crippen molar-refractivity contribution in [2.75, 3.05) is 43.1 Å². The van der Waals surface area contributed by atoms with Crippen LogP contribution in [0.1, 0.15) is 42.1 Å². The summed E-state index contributed by atoms with van der Waals surface area (Å²) >= 11 is 0. The van der Waals surface area contributed by atoms with Gasteiger partial charge in [0.1, 0.15) is 5.56 Å². The Kier molecular flexibility index (Phi) is 5.83. The number of amides is 1. The Balaban J connectivity index is 1.34. The zero-order valence-corrected chi connectivity index (χ0v) is 19.5. The number of nitrogens with one attached hydrogen (secondary N) is 1. The predicted molar refractivity (Wildman–Crippen MR) is 132 cm³/mol. The lowest BCUT2D eigenvalue weighted by molar-refractivity contribution is 0.102. The van der Waals surface area contributed by atoms with Gasteiger partial charge in [-0.05, 0) is 49.8 Å². The van der Waals surface area contributed by atoms with Gasteiger partial charge in [0.15, 0.2) is 5.65 Å². The molecule has 2 fully saturated rings. The van der Waals surface area contributed by atoms with Crippen molar-refractivity contribution in [3.63, 3.8) is 0 Å². The van der Waals surface area contributed by atoms with Gasteiger partial charge in [0.05, 0.1) is 42.3 Å². The van der Waals surface area contributed by atoms with Crippen molar-refractivity contribution in [1.29, 1.82) is 0 Å². The molecule has 182 valence electrons. The molecule has 3 aromatic heterocycles. The molecule has 6 rings (SSSR count). The van der Waals surface area contributed by atoms with Crippen LogP contribution in [0.15, 0.2) is 43.0 Å². The molecule has 1 amide bonds. The zero-order chi connectivity index (χ0) is 23.8. The van der Waals surface area contributed by atoms with Gasteiger partial charge in [0.2, 0.25) is 0 Å². The number of nitrogens with zero attached hydrogens (tertiary/aromatic N) is 6. The Morgan fingerprint density at radius 1 is 1.17 bits per heavy atom. The van der Waals surface area contributed by atoms with Gasteiger partial charge >= 0.3 is 0 Å². The maximum atomic E-state index is 13.3. The van der Waals surface area contributed by atoms with E-state index in [0.29, 0.717) is 36.4 Å². The highest BCUT2D eigenvalue weighted by Gasteiger charge is 2.24. The van der Waals surface area contributed by atoms with Crippen LogP contribution in [0, 0.1) is 5.92 Å². The van der Waals surface area contributed by atoms with Crippen molar-refractivity contribution in [3.05, 3.63) is 48.5 Å². The smallest absolute Gasteiger partial charge is 0.261 e. The molecule has 10 heteroatoms. The third-order valence-electron chi connectivity index (χ3n) is 7.21. The third kappa shape index (κ3) is 4.23. The van der Waals surface area contributed by atoms with Crippen molar-refractivity contribution in [2.24, 2.45) is 5.92 Å². The highest BCUT2D eigenvalue weighted by Crippen LogP contribution is 2.35. The molecule has 4 aromatic rings. The number of hydrogen-bond acceptors (Lipinski definition) is 7. The first-order valence-electron chi connectivity index (χ1n) is 12.3. The lowest BCUT2D eigenvalue weighted by Gasteiger charge is -2.30. The van der Waals surface area contributed by atoms with Crippen molar-refractivity contribution in [2.45, 2.75) is 31.7 Å². The first kappa shape index (κ1) is 22.0. The van der Waals surface area contributed by atoms with Gasteiger partial charge in [-0.1, -0.05) is 0 Å². The Labute approximate surface area is 202 Å². The lowest BCUT2D eigenvalue weighted by Crippen LogP contribution is -2.36. The molecule has 0 spiro atoms. The second-order valence-electron chi connectivity index (χ2n) is 9.39. The molecule has 2 aliphatic rings. The van der Waals surface area contributed by atoms with E-state index in [4.69, 9.17) is 9.84 Å². The molecule has 10 nitrogen and oxygen atoms in total. The summed E-state index contributed by atoms with van der Waals surface area (Å²) in [6, 6.07) is 6.19. The molecule has 1 aromatic carbocycles. The van der Waals surface area contributed by atoms with Gasteiger partial charge in [-0.15, -0.1) is 0 Å². The number of carbonyl (C=O) groups is 1. The number of hydrogen-bond donors (Lipinski definition) is 2. The van der Waals surface area contributed by atoms with Crippen LogP contribution < -0.4 is 10.2 Å². The van der Waals surface area contributed by atoms with E-state index in [1.54, 1.807) is 29.2 Å². The summed E-state index contributed by atoms with van der Waals surface area (Å²) in [5, 5.41) is 22.7. The van der Waals surface area contributed by atoms with Crippen LogP contribution in [0.4, 0.5) is 11.4 Å². The summed E-state index contributed by atoms with van der Waals surface area (Å²) < 4.78 is 9.22. The minimum Gasteiger partial charge on any atom is -0.396 e. The summed E-state index contributed by atoms with van der Waals surface area (Å²) in [6.07, 6.45) is 11.1. The summed E-state index contributed by atoms with van der Waals surface area (Å²) in [7, 11) is 0. The molecular weight excluding hydrogens is 446 g/mol. The van der Waals surface area contributed by atoms with Crippen molar-refractivity contribution < 1.29 is 14.6 Å². The number of aromatic nitrogens is 5. The molecule has 1 aliphatic carbocycles. The summed E-state index contributed by atoms with van der Waals surface area (Å²) in [6.45, 7) is 3.05. The van der Waals surface area contributed by atoms with E-state index in [1.807, 2.05) is 6.07 Å². The zero-order valence-electron chi connectivity index (χ0n) is 19.5. The normalized spacial score (nSPS) is 21.0. The maximum Gasteiger partial charge on any atom is 0.261 e. The molecule has 35 heavy (non-hydrogen) atoms. The lowest BCUT2D eigenvalue weighted by atomic mass is 9.87. The number of fused-ring (bicyclic) bond motifs is 2. The van der Waals surface area contributed by atoms with E-state index < -0.39 is 0 Å². The number of anilines is 2. The van der Waals surface area contributed by atoms with Crippen molar-refractivity contribution >= 4 is 33.8 Å². The van der Waals surface area contributed by atoms with Crippen molar-refractivity contribution in [3.8, 4) is 0 Å². The molecule has 1 aliphatic heterocycles. The van der Waals surface area contributed by atoms with E-state index >= 15 is 0 Å². The fourth-order valence-electron chi connectivity index (χ4n) is 5.20. The Bertz CT molecular complexity index is 1350. The molecule has 1 saturated carbocycles. The Hall–Kier alpha value is -3.50. The number of morpholine rings is 1. The maximum absolute atomic E-state index is 13.3. The van der Waals surface area contributed by atoms with Gasteiger partial charge < -0.3 is 20.1 Å². The minimum atomic E-state index is -0.248. The van der Waals surface area contributed by atoms with E-state index in [0.717, 1.165) is 61.1 Å². The number of rotatable bonds is 5. The van der Waals surface area contributed by atoms with Gasteiger partial charge in [0.25, 0.3) is 5.91 Å². The molecule has 4 heterocycles. The van der Waals surface area contributed by atoms with Crippen molar-refractivity contribution in [1.82, 2.24) is 24.4 Å². The van der Waals surface area contributed by atoms with Crippen LogP contribution in [-0.2, 0) is 4.74 Å². The van der Waals surface area contributed by atoms with Gasteiger partial charge in [-0.3, -0.25) is 9.48 Å². The van der Waals surface area contributed by atoms with E-state index in [1.165, 1.54) is 0 Å². The first-order chi connectivity index (χ1) is 17.2. The number of aliphatic hydroxyl groups is 1. The van der Waals surface area contributed by atoms with Crippen LogP contribution in [0.25, 0.3) is 16.6 Å². The molecule has 0 atom stereocenters. The van der Waals surface area contributed by atoms with Gasteiger partial charge in [-0.25, -0.2) is 9.50 Å². The molecule has 2 N–H and O–H groups in total. The summed E-state index contributed by atoms with van der Waals surface area (Å²) in [5.74, 6) is 0.155. The van der Waals surface area contributed by atoms with E-state index in [9.17, 15) is 9.90 Å². The van der Waals surface area contributed by atoms with Gasteiger partial charge in [0, 0.05) is 43.7 Å². The average molecular weight is 476 g/mol. The molecule has 1 saturated heterocycles. The summed E-state index contributed by atoms with van der Waals surface area (Å²) in [5.41, 5.74) is 3.53. The number of benzene rings is 1.